The van der Waals surface area contributed by atoms with Gasteiger partial charge in [0.25, 0.3) is 0 Å². The van der Waals surface area contributed by atoms with Crippen molar-refractivity contribution in [2.24, 2.45) is 5.10 Å². The lowest BCUT2D eigenvalue weighted by molar-refractivity contribution is -0.137. The van der Waals surface area contributed by atoms with Crippen molar-refractivity contribution in [3.8, 4) is 11.1 Å². The standard InChI is InChI=1S/C19H18F3N5S/c1-12-11-28-18(25-12)26-24-9-13-5-4-6-14(7-13)16-8-15(19(20,21)22)10-23-17(16)27(2)3/h4-11H,1-3H3,(H,25,26). The number of anilines is 2. The van der Waals surface area contributed by atoms with Gasteiger partial charge in [-0.15, -0.1) is 11.3 Å². The Kier molecular flexibility index (Phi) is 5.64. The summed E-state index contributed by atoms with van der Waals surface area (Å²) in [6.45, 7) is 1.89. The minimum atomic E-state index is -4.46. The molecule has 0 atom stereocenters. The minimum Gasteiger partial charge on any atom is -0.362 e. The van der Waals surface area contributed by atoms with Crippen LogP contribution in [0.3, 0.4) is 0 Å². The van der Waals surface area contributed by atoms with E-state index < -0.39 is 11.7 Å². The molecule has 1 N–H and O–H groups in total. The van der Waals surface area contributed by atoms with Crippen LogP contribution in [0.4, 0.5) is 24.1 Å². The second-order valence-electron chi connectivity index (χ2n) is 6.28. The zero-order chi connectivity index (χ0) is 20.3. The van der Waals surface area contributed by atoms with Crippen LogP contribution in [0.2, 0.25) is 0 Å². The van der Waals surface area contributed by atoms with Crippen LogP contribution in [0.5, 0.6) is 0 Å². The molecule has 1 aromatic carbocycles. The number of rotatable bonds is 5. The molecular weight excluding hydrogens is 387 g/mol. The van der Waals surface area contributed by atoms with Gasteiger partial charge in [0, 0.05) is 31.2 Å². The zero-order valence-corrected chi connectivity index (χ0v) is 16.3. The van der Waals surface area contributed by atoms with Crippen molar-refractivity contribution in [2.45, 2.75) is 13.1 Å². The average Bonchev–Trinajstić information content (AvgIpc) is 3.06. The van der Waals surface area contributed by atoms with Gasteiger partial charge >= 0.3 is 6.18 Å². The van der Waals surface area contributed by atoms with Gasteiger partial charge in [0.05, 0.1) is 17.5 Å². The lowest BCUT2D eigenvalue weighted by Crippen LogP contribution is -2.14. The monoisotopic (exact) mass is 405 g/mol. The van der Waals surface area contributed by atoms with Crippen LogP contribution in [0.25, 0.3) is 11.1 Å². The molecular formula is C19H18F3N5S. The second kappa shape index (κ2) is 7.97. The molecule has 2 aromatic heterocycles. The maximum atomic E-state index is 13.1. The van der Waals surface area contributed by atoms with Gasteiger partial charge in [-0.3, -0.25) is 5.43 Å². The normalized spacial score (nSPS) is 11.8. The van der Waals surface area contributed by atoms with Gasteiger partial charge in [-0.1, -0.05) is 18.2 Å². The van der Waals surface area contributed by atoms with E-state index in [2.05, 4.69) is 20.5 Å². The quantitative estimate of drug-likeness (QED) is 0.477. The van der Waals surface area contributed by atoms with Gasteiger partial charge in [0.2, 0.25) is 5.13 Å². The largest absolute Gasteiger partial charge is 0.417 e. The van der Waals surface area contributed by atoms with Crippen molar-refractivity contribution < 1.29 is 13.2 Å². The van der Waals surface area contributed by atoms with E-state index in [-0.39, 0.29) is 0 Å². The van der Waals surface area contributed by atoms with E-state index in [1.165, 1.54) is 11.3 Å². The summed E-state index contributed by atoms with van der Waals surface area (Å²) in [7, 11) is 3.48. The SMILES string of the molecule is Cc1csc(NN=Cc2cccc(-c3cc(C(F)(F)F)cnc3N(C)C)c2)n1. The molecule has 0 aliphatic heterocycles. The van der Waals surface area contributed by atoms with Crippen molar-refractivity contribution in [3.05, 3.63) is 58.7 Å². The molecule has 146 valence electrons. The summed E-state index contributed by atoms with van der Waals surface area (Å²) in [6.07, 6.45) is -2.01. The van der Waals surface area contributed by atoms with Crippen LogP contribution >= 0.6 is 11.3 Å². The van der Waals surface area contributed by atoms with Gasteiger partial charge in [0.15, 0.2) is 0 Å². The zero-order valence-electron chi connectivity index (χ0n) is 15.4. The summed E-state index contributed by atoms with van der Waals surface area (Å²) in [5, 5.41) is 6.71. The van der Waals surface area contributed by atoms with Crippen molar-refractivity contribution in [2.75, 3.05) is 24.4 Å². The number of nitrogens with zero attached hydrogens (tertiary/aromatic N) is 4. The van der Waals surface area contributed by atoms with E-state index in [9.17, 15) is 13.2 Å². The fourth-order valence-electron chi connectivity index (χ4n) is 2.54. The fraction of sp³-hybridized carbons (Fsp3) is 0.211. The Labute approximate surface area is 164 Å². The number of nitrogens with one attached hydrogen (secondary N) is 1. The molecule has 0 bridgehead atoms. The average molecular weight is 405 g/mol. The van der Waals surface area contributed by atoms with Crippen LogP contribution in [-0.4, -0.2) is 30.3 Å². The van der Waals surface area contributed by atoms with Crippen LogP contribution < -0.4 is 10.3 Å². The molecule has 0 amide bonds. The number of benzene rings is 1. The number of aromatic nitrogens is 2. The Hall–Kier alpha value is -2.94. The third-order valence-electron chi connectivity index (χ3n) is 3.81. The number of hydrogen-bond acceptors (Lipinski definition) is 6. The van der Waals surface area contributed by atoms with Crippen molar-refractivity contribution in [3.63, 3.8) is 0 Å². The number of halogens is 3. The summed E-state index contributed by atoms with van der Waals surface area (Å²) in [4.78, 5) is 9.94. The van der Waals surface area contributed by atoms with Crippen LogP contribution in [0.1, 0.15) is 16.8 Å². The lowest BCUT2D eigenvalue weighted by atomic mass is 10.0. The van der Waals surface area contributed by atoms with Crippen LogP contribution in [-0.2, 0) is 6.18 Å². The molecule has 0 fully saturated rings. The molecule has 28 heavy (non-hydrogen) atoms. The Morgan fingerprint density at radius 1 is 1.21 bits per heavy atom. The summed E-state index contributed by atoms with van der Waals surface area (Å²) in [6, 6.07) is 8.22. The second-order valence-corrected chi connectivity index (χ2v) is 7.13. The Balaban J connectivity index is 1.92. The highest BCUT2D eigenvalue weighted by Gasteiger charge is 2.32. The molecule has 0 saturated heterocycles. The van der Waals surface area contributed by atoms with Crippen LogP contribution in [0, 0.1) is 6.92 Å². The molecule has 3 aromatic rings. The number of alkyl halides is 3. The number of pyridine rings is 1. The third-order valence-corrected chi connectivity index (χ3v) is 4.67. The van der Waals surface area contributed by atoms with E-state index >= 15 is 0 Å². The third kappa shape index (κ3) is 4.66. The summed E-state index contributed by atoms with van der Waals surface area (Å²) < 4.78 is 39.4. The van der Waals surface area contributed by atoms with Crippen LogP contribution in [0.15, 0.2) is 47.0 Å². The minimum absolute atomic E-state index is 0.401. The maximum absolute atomic E-state index is 13.1. The van der Waals surface area contributed by atoms with E-state index in [1.54, 1.807) is 43.4 Å². The molecule has 5 nitrogen and oxygen atoms in total. The number of hydrogen-bond donors (Lipinski definition) is 1. The first-order valence-corrected chi connectivity index (χ1v) is 9.18. The Morgan fingerprint density at radius 3 is 2.64 bits per heavy atom. The number of hydrazone groups is 1. The lowest BCUT2D eigenvalue weighted by Gasteiger charge is -2.18. The van der Waals surface area contributed by atoms with Gasteiger partial charge in [0.1, 0.15) is 5.82 Å². The van der Waals surface area contributed by atoms with Gasteiger partial charge < -0.3 is 4.90 Å². The first-order chi connectivity index (χ1) is 13.2. The highest BCUT2D eigenvalue weighted by Crippen LogP contribution is 2.35. The molecule has 2 heterocycles. The molecule has 0 radical (unpaired) electrons. The molecule has 0 spiro atoms. The molecule has 0 saturated carbocycles. The van der Waals surface area contributed by atoms with Crippen molar-refractivity contribution in [1.29, 1.82) is 0 Å². The molecule has 9 heteroatoms. The molecule has 0 aliphatic rings. The molecule has 0 aliphatic carbocycles. The topological polar surface area (TPSA) is 53.4 Å². The van der Waals surface area contributed by atoms with E-state index in [0.717, 1.165) is 23.5 Å². The predicted octanol–water partition coefficient (Wildman–Crippen LogP) is 5.04. The van der Waals surface area contributed by atoms with E-state index in [0.29, 0.717) is 22.1 Å². The maximum Gasteiger partial charge on any atom is 0.417 e. The first-order valence-electron chi connectivity index (χ1n) is 8.30. The highest BCUT2D eigenvalue weighted by molar-refractivity contribution is 7.13. The fourth-order valence-corrected chi connectivity index (χ4v) is 3.17. The van der Waals surface area contributed by atoms with Gasteiger partial charge in [-0.2, -0.15) is 18.3 Å². The number of thiazole rings is 1. The predicted molar refractivity (Wildman–Crippen MR) is 107 cm³/mol. The molecule has 3 rings (SSSR count). The van der Waals surface area contributed by atoms with E-state index in [4.69, 9.17) is 0 Å². The Bertz CT molecular complexity index is 995. The molecule has 0 unspecified atom stereocenters. The van der Waals surface area contributed by atoms with E-state index in [1.807, 2.05) is 18.4 Å². The number of aryl methyl sites for hydroxylation is 1. The summed E-state index contributed by atoms with van der Waals surface area (Å²) >= 11 is 1.44. The summed E-state index contributed by atoms with van der Waals surface area (Å²) in [5.74, 6) is 0.457. The first kappa shape index (κ1) is 19.8. The van der Waals surface area contributed by atoms with Crippen molar-refractivity contribution >= 4 is 28.5 Å². The van der Waals surface area contributed by atoms with Crippen molar-refractivity contribution in [1.82, 2.24) is 9.97 Å². The summed E-state index contributed by atoms with van der Waals surface area (Å²) in [5.41, 5.74) is 4.72. The van der Waals surface area contributed by atoms with Gasteiger partial charge in [-0.25, -0.2) is 9.97 Å². The smallest absolute Gasteiger partial charge is 0.362 e. The highest BCUT2D eigenvalue weighted by atomic mass is 32.1. The van der Waals surface area contributed by atoms with Gasteiger partial charge in [-0.05, 0) is 30.2 Å². The Morgan fingerprint density at radius 2 is 2.00 bits per heavy atom.